The van der Waals surface area contributed by atoms with Crippen molar-refractivity contribution < 1.29 is 14.7 Å². The zero-order valence-electron chi connectivity index (χ0n) is 15.6. The van der Waals surface area contributed by atoms with E-state index in [1.54, 1.807) is 10.9 Å². The third-order valence-electron chi connectivity index (χ3n) is 5.06. The molecule has 1 saturated heterocycles. The van der Waals surface area contributed by atoms with E-state index in [1.807, 2.05) is 37.3 Å². The zero-order chi connectivity index (χ0) is 19.2. The topological polar surface area (TPSA) is 87.5 Å². The van der Waals surface area contributed by atoms with Crippen LogP contribution in [0, 0.1) is 6.92 Å². The number of nitrogens with one attached hydrogen (secondary N) is 1. The number of carbonyl (C=O) groups excluding carboxylic acids is 1. The summed E-state index contributed by atoms with van der Waals surface area (Å²) in [5, 5.41) is 16.2. The van der Waals surface area contributed by atoms with E-state index in [4.69, 9.17) is 5.11 Å². The molecule has 3 rings (SSSR count). The molecule has 0 unspecified atom stereocenters. The molecule has 1 amide bonds. The number of likely N-dealkylation sites (tertiary alicyclic amines) is 1. The van der Waals surface area contributed by atoms with Crippen LogP contribution < -0.4 is 5.32 Å². The second-order valence-electron chi connectivity index (χ2n) is 7.08. The SMILES string of the molecule is Cc1ccccc1CNC(=O)CN1CCC[C@@H](c2ccnn2CC(=O)O)C1. The van der Waals surface area contributed by atoms with Gasteiger partial charge in [-0.2, -0.15) is 5.10 Å². The quantitative estimate of drug-likeness (QED) is 0.776. The second-order valence-corrected chi connectivity index (χ2v) is 7.08. The third kappa shape index (κ3) is 5.17. The highest BCUT2D eigenvalue weighted by Gasteiger charge is 2.25. The van der Waals surface area contributed by atoms with Crippen molar-refractivity contribution in [1.82, 2.24) is 20.0 Å². The van der Waals surface area contributed by atoms with E-state index in [2.05, 4.69) is 15.3 Å². The summed E-state index contributed by atoms with van der Waals surface area (Å²) in [5.41, 5.74) is 3.23. The van der Waals surface area contributed by atoms with Crippen molar-refractivity contribution in [3.8, 4) is 0 Å². The molecule has 0 aliphatic carbocycles. The van der Waals surface area contributed by atoms with Gasteiger partial charge < -0.3 is 10.4 Å². The van der Waals surface area contributed by atoms with Gasteiger partial charge in [0.25, 0.3) is 0 Å². The van der Waals surface area contributed by atoms with E-state index in [0.717, 1.165) is 37.2 Å². The summed E-state index contributed by atoms with van der Waals surface area (Å²) in [6, 6.07) is 9.91. The van der Waals surface area contributed by atoms with Gasteiger partial charge in [-0.1, -0.05) is 24.3 Å². The van der Waals surface area contributed by atoms with E-state index in [0.29, 0.717) is 13.1 Å². The third-order valence-corrected chi connectivity index (χ3v) is 5.06. The number of carboxylic acids is 1. The fraction of sp³-hybridized carbons (Fsp3) is 0.450. The molecule has 1 aromatic carbocycles. The molecule has 0 radical (unpaired) electrons. The molecular weight excluding hydrogens is 344 g/mol. The predicted octanol–water partition coefficient (Wildman–Crippen LogP) is 1.77. The van der Waals surface area contributed by atoms with Crippen LogP contribution in [0.1, 0.15) is 35.6 Å². The number of amides is 1. The standard InChI is InChI=1S/C20H26N4O3/c1-15-5-2-3-6-16(15)11-21-19(25)13-23-10-4-7-17(12-23)18-8-9-22-24(18)14-20(26)27/h2-3,5-6,8-9,17H,4,7,10-14H2,1H3,(H,21,25)(H,26,27)/t17-/m1/s1. The lowest BCUT2D eigenvalue weighted by Gasteiger charge is -2.32. The maximum atomic E-state index is 12.4. The molecule has 1 aliphatic rings. The van der Waals surface area contributed by atoms with Crippen molar-refractivity contribution in [2.45, 2.75) is 38.8 Å². The largest absolute Gasteiger partial charge is 0.480 e. The Kier molecular flexibility index (Phi) is 6.24. The lowest BCUT2D eigenvalue weighted by atomic mass is 9.94. The lowest BCUT2D eigenvalue weighted by Crippen LogP contribution is -2.42. The summed E-state index contributed by atoms with van der Waals surface area (Å²) in [4.78, 5) is 25.5. The van der Waals surface area contributed by atoms with Gasteiger partial charge in [0, 0.05) is 30.9 Å². The molecule has 2 N–H and O–H groups in total. The van der Waals surface area contributed by atoms with E-state index in [-0.39, 0.29) is 18.4 Å². The summed E-state index contributed by atoms with van der Waals surface area (Å²) >= 11 is 0. The van der Waals surface area contributed by atoms with Gasteiger partial charge in [-0.25, -0.2) is 0 Å². The van der Waals surface area contributed by atoms with Gasteiger partial charge in [0.2, 0.25) is 5.91 Å². The van der Waals surface area contributed by atoms with Gasteiger partial charge in [-0.15, -0.1) is 0 Å². The molecule has 0 saturated carbocycles. The Hall–Kier alpha value is -2.67. The minimum absolute atomic E-state index is 0.0120. The van der Waals surface area contributed by atoms with Gasteiger partial charge in [0.15, 0.2) is 0 Å². The zero-order valence-corrected chi connectivity index (χ0v) is 15.6. The van der Waals surface area contributed by atoms with Crippen LogP contribution in [0.4, 0.5) is 0 Å². The fourth-order valence-corrected chi connectivity index (χ4v) is 3.65. The van der Waals surface area contributed by atoms with Gasteiger partial charge in [0.1, 0.15) is 6.54 Å². The van der Waals surface area contributed by atoms with Crippen LogP contribution in [-0.4, -0.2) is 51.3 Å². The minimum atomic E-state index is -0.900. The maximum Gasteiger partial charge on any atom is 0.325 e. The first-order valence-electron chi connectivity index (χ1n) is 9.30. The Balaban J connectivity index is 1.54. The average molecular weight is 370 g/mol. The smallest absolute Gasteiger partial charge is 0.325 e. The van der Waals surface area contributed by atoms with Crippen LogP contribution in [0.5, 0.6) is 0 Å². The van der Waals surface area contributed by atoms with Crippen molar-refractivity contribution in [2.24, 2.45) is 0 Å². The number of aliphatic carboxylic acids is 1. The molecule has 7 heteroatoms. The number of hydrogen-bond donors (Lipinski definition) is 2. The molecule has 144 valence electrons. The molecule has 0 bridgehead atoms. The van der Waals surface area contributed by atoms with Crippen molar-refractivity contribution in [3.05, 3.63) is 53.3 Å². The maximum absolute atomic E-state index is 12.4. The first kappa shape index (κ1) is 19.1. The van der Waals surface area contributed by atoms with Gasteiger partial charge in [-0.3, -0.25) is 19.2 Å². The summed E-state index contributed by atoms with van der Waals surface area (Å²) in [6.07, 6.45) is 3.60. The number of carboxylic acid groups (broad SMARTS) is 1. The van der Waals surface area contributed by atoms with E-state index >= 15 is 0 Å². The van der Waals surface area contributed by atoms with Gasteiger partial charge in [0.05, 0.1) is 6.54 Å². The van der Waals surface area contributed by atoms with Crippen LogP contribution in [0.25, 0.3) is 0 Å². The predicted molar refractivity (Wildman–Crippen MR) is 101 cm³/mol. The molecule has 7 nitrogen and oxygen atoms in total. The molecule has 2 aromatic rings. The Bertz CT molecular complexity index is 802. The number of aromatic nitrogens is 2. The van der Waals surface area contributed by atoms with Crippen molar-refractivity contribution in [2.75, 3.05) is 19.6 Å². The summed E-state index contributed by atoms with van der Waals surface area (Å²) in [5.74, 6) is -0.689. The van der Waals surface area contributed by atoms with Gasteiger partial charge >= 0.3 is 5.97 Å². The van der Waals surface area contributed by atoms with Crippen LogP contribution in [-0.2, 0) is 22.7 Å². The number of nitrogens with zero attached hydrogens (tertiary/aromatic N) is 3. The molecule has 27 heavy (non-hydrogen) atoms. The van der Waals surface area contributed by atoms with Crippen LogP contribution >= 0.6 is 0 Å². The monoisotopic (exact) mass is 370 g/mol. The molecule has 1 atom stereocenters. The molecule has 2 heterocycles. The minimum Gasteiger partial charge on any atom is -0.480 e. The van der Waals surface area contributed by atoms with Crippen molar-refractivity contribution >= 4 is 11.9 Å². The normalized spacial score (nSPS) is 17.6. The Morgan fingerprint density at radius 3 is 2.85 bits per heavy atom. The highest BCUT2D eigenvalue weighted by atomic mass is 16.4. The molecule has 0 spiro atoms. The van der Waals surface area contributed by atoms with E-state index < -0.39 is 5.97 Å². The Labute approximate surface area is 159 Å². The highest BCUT2D eigenvalue weighted by molar-refractivity contribution is 5.78. The molecule has 1 aliphatic heterocycles. The van der Waals surface area contributed by atoms with Crippen LogP contribution in [0.2, 0.25) is 0 Å². The van der Waals surface area contributed by atoms with Crippen molar-refractivity contribution in [1.29, 1.82) is 0 Å². The first-order valence-corrected chi connectivity index (χ1v) is 9.30. The number of hydrogen-bond acceptors (Lipinski definition) is 4. The summed E-state index contributed by atoms with van der Waals surface area (Å²) in [7, 11) is 0. The molecule has 1 fully saturated rings. The first-order chi connectivity index (χ1) is 13.0. The number of aryl methyl sites for hydroxylation is 1. The van der Waals surface area contributed by atoms with Crippen LogP contribution in [0.15, 0.2) is 36.5 Å². The van der Waals surface area contributed by atoms with Crippen molar-refractivity contribution in [3.63, 3.8) is 0 Å². The lowest BCUT2D eigenvalue weighted by molar-refractivity contribution is -0.138. The van der Waals surface area contributed by atoms with Crippen LogP contribution in [0.3, 0.4) is 0 Å². The van der Waals surface area contributed by atoms with Gasteiger partial charge in [-0.05, 0) is 43.5 Å². The molecule has 1 aromatic heterocycles. The summed E-state index contributed by atoms with van der Waals surface area (Å²) in [6.45, 7) is 4.42. The average Bonchev–Trinajstić information content (AvgIpc) is 3.08. The van der Waals surface area contributed by atoms with E-state index in [1.165, 1.54) is 5.56 Å². The highest BCUT2D eigenvalue weighted by Crippen LogP contribution is 2.26. The second kappa shape index (κ2) is 8.81. The van der Waals surface area contributed by atoms with E-state index in [9.17, 15) is 9.59 Å². The number of carbonyl (C=O) groups is 2. The Morgan fingerprint density at radius 2 is 2.07 bits per heavy atom. The summed E-state index contributed by atoms with van der Waals surface area (Å²) < 4.78 is 1.55. The number of piperidine rings is 1. The molecular formula is C20H26N4O3. The number of benzene rings is 1. The number of rotatable bonds is 7. The fourth-order valence-electron chi connectivity index (χ4n) is 3.65. The Morgan fingerprint density at radius 1 is 1.26 bits per heavy atom.